The topological polar surface area (TPSA) is 64.7 Å². The van der Waals surface area contributed by atoms with E-state index in [1.807, 2.05) is 0 Å². The second-order valence-electron chi connectivity index (χ2n) is 2.86. The predicted octanol–water partition coefficient (Wildman–Crippen LogP) is 2.35. The van der Waals surface area contributed by atoms with E-state index in [9.17, 15) is 4.79 Å². The van der Waals surface area contributed by atoms with Gasteiger partial charge in [0.15, 0.2) is 0 Å². The fraction of sp³-hybridized carbons (Fsp3) is 0.200. The Balaban J connectivity index is 3.28. The van der Waals surface area contributed by atoms with Crippen LogP contribution in [0.4, 0.5) is 5.69 Å². The molecular formula is C10H10Cl2N2O2. The van der Waals surface area contributed by atoms with Gasteiger partial charge in [-0.3, -0.25) is 0 Å². The van der Waals surface area contributed by atoms with E-state index in [1.165, 1.54) is 7.11 Å². The average Bonchev–Trinajstić information content (AvgIpc) is 2.28. The average molecular weight is 261 g/mol. The fourth-order valence-electron chi connectivity index (χ4n) is 1.09. The second-order valence-corrected chi connectivity index (χ2v) is 3.54. The van der Waals surface area contributed by atoms with Crippen molar-refractivity contribution in [3.63, 3.8) is 0 Å². The number of hydrogen-bond donors (Lipinski definition) is 1. The van der Waals surface area contributed by atoms with Gasteiger partial charge in [-0.05, 0) is 12.1 Å². The first-order valence-corrected chi connectivity index (χ1v) is 5.27. The zero-order chi connectivity index (χ0) is 12.1. The largest absolute Gasteiger partial charge is 0.465 e. The van der Waals surface area contributed by atoms with Crippen molar-refractivity contribution in [2.45, 2.75) is 0 Å². The Kier molecular flexibility index (Phi) is 4.58. The van der Waals surface area contributed by atoms with Crippen LogP contribution in [0.2, 0.25) is 5.02 Å². The van der Waals surface area contributed by atoms with Crippen LogP contribution < -0.4 is 5.73 Å². The zero-order valence-corrected chi connectivity index (χ0v) is 10.0. The Hall–Kier alpha value is -1.26. The molecule has 2 N–H and O–H groups in total. The second kappa shape index (κ2) is 5.72. The number of ether oxygens (including phenoxy) is 1. The van der Waals surface area contributed by atoms with Crippen molar-refractivity contribution in [1.29, 1.82) is 0 Å². The zero-order valence-electron chi connectivity index (χ0n) is 8.54. The van der Waals surface area contributed by atoms with Crippen molar-refractivity contribution in [2.24, 2.45) is 10.7 Å². The molecule has 0 saturated carbocycles. The van der Waals surface area contributed by atoms with Crippen LogP contribution in [-0.2, 0) is 4.74 Å². The molecular weight excluding hydrogens is 251 g/mol. The molecule has 1 aromatic rings. The number of esters is 1. The Morgan fingerprint density at radius 2 is 2.25 bits per heavy atom. The number of carbonyl (C=O) groups excluding carboxylic acids is 1. The lowest BCUT2D eigenvalue weighted by Gasteiger charge is -2.06. The van der Waals surface area contributed by atoms with E-state index in [-0.39, 0.29) is 22.3 Å². The van der Waals surface area contributed by atoms with Crippen LogP contribution in [0.5, 0.6) is 0 Å². The number of halogens is 2. The lowest BCUT2D eigenvalue weighted by Crippen LogP contribution is -2.13. The van der Waals surface area contributed by atoms with Crippen molar-refractivity contribution in [3.05, 3.63) is 28.8 Å². The summed E-state index contributed by atoms with van der Waals surface area (Å²) >= 11 is 11.4. The highest BCUT2D eigenvalue weighted by Crippen LogP contribution is 2.27. The molecule has 16 heavy (non-hydrogen) atoms. The maximum Gasteiger partial charge on any atom is 0.341 e. The van der Waals surface area contributed by atoms with Gasteiger partial charge in [-0.2, -0.15) is 0 Å². The third kappa shape index (κ3) is 2.87. The molecule has 0 fully saturated rings. The number of aliphatic imine (C=N–C) groups is 1. The summed E-state index contributed by atoms with van der Waals surface area (Å²) in [5.74, 6) is -0.284. The highest BCUT2D eigenvalue weighted by Gasteiger charge is 2.15. The Morgan fingerprint density at radius 3 is 2.81 bits per heavy atom. The van der Waals surface area contributed by atoms with Crippen molar-refractivity contribution in [1.82, 2.24) is 0 Å². The van der Waals surface area contributed by atoms with Crippen molar-refractivity contribution in [3.8, 4) is 0 Å². The molecule has 0 spiro atoms. The lowest BCUT2D eigenvalue weighted by molar-refractivity contribution is 0.0602. The molecule has 0 aliphatic rings. The van der Waals surface area contributed by atoms with Gasteiger partial charge in [0.25, 0.3) is 0 Å². The van der Waals surface area contributed by atoms with Crippen LogP contribution in [0, 0.1) is 0 Å². The minimum atomic E-state index is -0.563. The summed E-state index contributed by atoms with van der Waals surface area (Å²) in [7, 11) is 1.27. The number of nitrogens with zero attached hydrogens (tertiary/aromatic N) is 1. The summed E-state index contributed by atoms with van der Waals surface area (Å²) in [6, 6.07) is 4.84. The molecule has 0 aromatic heterocycles. The van der Waals surface area contributed by atoms with Crippen molar-refractivity contribution in [2.75, 3.05) is 13.0 Å². The van der Waals surface area contributed by atoms with Gasteiger partial charge in [0.1, 0.15) is 11.4 Å². The highest BCUT2D eigenvalue weighted by atomic mass is 35.5. The molecule has 0 unspecified atom stereocenters. The molecule has 86 valence electrons. The third-order valence-electron chi connectivity index (χ3n) is 1.78. The number of hydrogen-bond acceptors (Lipinski definition) is 3. The van der Waals surface area contributed by atoms with Gasteiger partial charge >= 0.3 is 5.97 Å². The molecule has 0 atom stereocenters. The van der Waals surface area contributed by atoms with E-state index in [4.69, 9.17) is 28.9 Å². The van der Waals surface area contributed by atoms with E-state index < -0.39 is 5.97 Å². The summed E-state index contributed by atoms with van der Waals surface area (Å²) in [6.45, 7) is 0. The summed E-state index contributed by atoms with van der Waals surface area (Å²) < 4.78 is 4.61. The fourth-order valence-corrected chi connectivity index (χ4v) is 1.40. The van der Waals surface area contributed by atoms with E-state index in [2.05, 4.69) is 9.73 Å². The van der Waals surface area contributed by atoms with Crippen LogP contribution in [0.3, 0.4) is 0 Å². The number of methoxy groups -OCH3 is 1. The number of alkyl halides is 1. The predicted molar refractivity (Wildman–Crippen MR) is 64.8 cm³/mol. The molecule has 0 amide bonds. The third-order valence-corrected chi connectivity index (χ3v) is 2.37. The van der Waals surface area contributed by atoms with Gasteiger partial charge in [0.05, 0.1) is 23.7 Å². The Morgan fingerprint density at radius 1 is 1.56 bits per heavy atom. The molecule has 0 heterocycles. The summed E-state index contributed by atoms with van der Waals surface area (Å²) in [5.41, 5.74) is 6.01. The number of rotatable bonds is 3. The Bertz CT molecular complexity index is 433. The number of amidine groups is 1. The Labute approximate surface area is 103 Å². The molecule has 1 aromatic carbocycles. The first-order chi connectivity index (χ1) is 7.60. The van der Waals surface area contributed by atoms with E-state index in [1.54, 1.807) is 18.2 Å². The summed E-state index contributed by atoms with van der Waals surface area (Å²) in [6.07, 6.45) is 0. The summed E-state index contributed by atoms with van der Waals surface area (Å²) in [4.78, 5) is 15.5. The normalized spacial score (nSPS) is 11.3. The quantitative estimate of drug-likeness (QED) is 0.393. The standard InChI is InChI=1S/C10H10Cl2N2O2/c1-16-10(15)9-6(12)3-2-4-7(9)14-8(13)5-11/h2-4H,5H2,1H3,(H2,13,14). The van der Waals surface area contributed by atoms with E-state index in [0.29, 0.717) is 5.69 Å². The van der Waals surface area contributed by atoms with Crippen LogP contribution in [-0.4, -0.2) is 24.8 Å². The summed E-state index contributed by atoms with van der Waals surface area (Å²) in [5, 5.41) is 0.260. The number of nitrogens with two attached hydrogens (primary N) is 1. The molecule has 0 aliphatic heterocycles. The van der Waals surface area contributed by atoms with Gasteiger partial charge in [-0.25, -0.2) is 9.79 Å². The van der Waals surface area contributed by atoms with Gasteiger partial charge in [-0.15, -0.1) is 11.6 Å². The molecule has 6 heteroatoms. The first kappa shape index (κ1) is 12.8. The van der Waals surface area contributed by atoms with Crippen molar-refractivity contribution < 1.29 is 9.53 Å². The van der Waals surface area contributed by atoms with Gasteiger partial charge in [-0.1, -0.05) is 17.7 Å². The highest BCUT2D eigenvalue weighted by molar-refractivity contribution is 6.34. The monoisotopic (exact) mass is 260 g/mol. The molecule has 1 rings (SSSR count). The molecule has 0 aliphatic carbocycles. The lowest BCUT2D eigenvalue weighted by atomic mass is 10.2. The van der Waals surface area contributed by atoms with E-state index >= 15 is 0 Å². The minimum absolute atomic E-state index is 0.0765. The van der Waals surface area contributed by atoms with Crippen LogP contribution >= 0.6 is 23.2 Å². The maximum atomic E-state index is 11.5. The molecule has 0 saturated heterocycles. The molecule has 0 bridgehead atoms. The van der Waals surface area contributed by atoms with Crippen LogP contribution in [0.15, 0.2) is 23.2 Å². The smallest absolute Gasteiger partial charge is 0.341 e. The molecule has 4 nitrogen and oxygen atoms in total. The maximum absolute atomic E-state index is 11.5. The first-order valence-electron chi connectivity index (χ1n) is 4.36. The van der Waals surface area contributed by atoms with Crippen LogP contribution in [0.1, 0.15) is 10.4 Å². The number of benzene rings is 1. The van der Waals surface area contributed by atoms with E-state index in [0.717, 1.165) is 0 Å². The number of carbonyl (C=O) groups is 1. The van der Waals surface area contributed by atoms with Gasteiger partial charge in [0, 0.05) is 0 Å². The van der Waals surface area contributed by atoms with Crippen LogP contribution in [0.25, 0.3) is 0 Å². The van der Waals surface area contributed by atoms with Gasteiger partial charge < -0.3 is 10.5 Å². The SMILES string of the molecule is COC(=O)c1c(Cl)cccc1N=C(N)CCl. The molecule has 0 radical (unpaired) electrons. The minimum Gasteiger partial charge on any atom is -0.465 e. The van der Waals surface area contributed by atoms with Crippen molar-refractivity contribution >= 4 is 40.7 Å². The van der Waals surface area contributed by atoms with Gasteiger partial charge in [0.2, 0.25) is 0 Å².